The smallest absolute Gasteiger partial charge is 0.0775 e. The fraction of sp³-hybridized carbons (Fsp3) is 0.200. The van der Waals surface area contributed by atoms with Crippen LogP contribution in [0.5, 0.6) is 0 Å². The lowest BCUT2D eigenvalue weighted by Gasteiger charge is -2.29. The van der Waals surface area contributed by atoms with E-state index in [1.807, 2.05) is 11.3 Å². The highest BCUT2D eigenvalue weighted by Gasteiger charge is 2.28. The van der Waals surface area contributed by atoms with Gasteiger partial charge in [-0.3, -0.25) is 0 Å². The van der Waals surface area contributed by atoms with E-state index < -0.39 is 16.1 Å². The Morgan fingerprint density at radius 3 is 1.11 bits per heavy atom. The lowest BCUT2D eigenvalue weighted by molar-refractivity contribution is 0.590. The molecule has 12 rings (SSSR count). The average molecular weight is 1040 g/mol. The maximum Gasteiger partial charge on any atom is 0.0775 e. The van der Waals surface area contributed by atoms with Crippen LogP contribution >= 0.6 is 11.3 Å². The molecular formula is C70H69N3SSi2. The van der Waals surface area contributed by atoms with Gasteiger partial charge in [0.15, 0.2) is 0 Å². The van der Waals surface area contributed by atoms with Crippen LogP contribution in [0.1, 0.15) is 52.7 Å². The first-order chi connectivity index (χ1) is 36.2. The van der Waals surface area contributed by atoms with E-state index in [0.717, 1.165) is 39.8 Å². The third-order valence-electron chi connectivity index (χ3n) is 15.8. The zero-order valence-corrected chi connectivity index (χ0v) is 49.1. The Balaban J connectivity index is 1.22. The van der Waals surface area contributed by atoms with E-state index in [9.17, 15) is 0 Å². The summed E-state index contributed by atoms with van der Waals surface area (Å²) in [6.07, 6.45) is 0. The number of thiophene rings is 1. The number of benzene rings is 10. The van der Waals surface area contributed by atoms with Gasteiger partial charge in [0.1, 0.15) is 0 Å². The molecule has 12 aromatic rings. The Labute approximate surface area is 455 Å². The van der Waals surface area contributed by atoms with E-state index in [1.54, 1.807) is 0 Å². The molecule has 0 N–H and O–H groups in total. The molecule has 6 heteroatoms. The second kappa shape index (κ2) is 18.2. The van der Waals surface area contributed by atoms with Gasteiger partial charge in [0.25, 0.3) is 0 Å². The Morgan fingerprint density at radius 2 is 0.711 bits per heavy atom. The maximum absolute atomic E-state index is 2.59. The van der Waals surface area contributed by atoms with Crippen molar-refractivity contribution in [2.45, 2.75) is 91.7 Å². The first-order valence-corrected chi connectivity index (χ1v) is 34.9. The van der Waals surface area contributed by atoms with Crippen molar-refractivity contribution in [3.63, 3.8) is 0 Å². The quantitative estimate of drug-likeness (QED) is 0.134. The fourth-order valence-electron chi connectivity index (χ4n) is 11.5. The van der Waals surface area contributed by atoms with Gasteiger partial charge >= 0.3 is 0 Å². The zero-order chi connectivity index (χ0) is 53.1. The summed E-state index contributed by atoms with van der Waals surface area (Å²) in [5, 5.41) is 12.8. The predicted molar refractivity (Wildman–Crippen MR) is 341 cm³/mol. The highest BCUT2D eigenvalue weighted by molar-refractivity contribution is 7.25. The molecular weight excluding hydrogens is 971 g/mol. The Bertz CT molecular complexity index is 3850. The summed E-state index contributed by atoms with van der Waals surface area (Å²) in [6, 6.07) is 76.9. The van der Waals surface area contributed by atoms with Crippen LogP contribution in [0.2, 0.25) is 39.3 Å². The number of aromatic nitrogens is 1. The Kier molecular flexibility index (Phi) is 11.9. The van der Waals surface area contributed by atoms with Crippen LogP contribution in [0.15, 0.2) is 200 Å². The standard InChI is InChI=1S/C70H69N3SSi2/c1-69(2,3)46-25-29-48(30-26-46)71(50-33-38-53(39-34-50)75(7,8)9)61-44-63-67(58-22-15-13-19-55(58)61)68-59-23-16-14-20-56(59)62(45-64(68)73(63)52-37-42-66-60(43-52)57-21-17-18-24-65(57)74-66)72(49-31-27-47(28-32-49)70(4,5)6)51-35-40-54(41-36-51)76(10,11)12/h13-45H,1-12H3. The third-order valence-corrected chi connectivity index (χ3v) is 21.1. The van der Waals surface area contributed by atoms with E-state index in [2.05, 4.69) is 295 Å². The predicted octanol–water partition coefficient (Wildman–Crippen LogP) is 20.1. The fourth-order valence-corrected chi connectivity index (χ4v) is 14.9. The van der Waals surface area contributed by atoms with Crippen molar-refractivity contribution >= 4 is 136 Å². The molecule has 0 amide bonds. The number of rotatable bonds is 9. The van der Waals surface area contributed by atoms with Gasteiger partial charge in [0.2, 0.25) is 0 Å². The lowest BCUT2D eigenvalue weighted by Crippen LogP contribution is -2.37. The SMILES string of the molecule is CC(C)(C)c1ccc(N(c2ccc([Si](C)(C)C)cc2)c2cc3c(c4ccccc24)c2c4ccccc4c(N(c4ccc(C(C)(C)C)cc4)c4ccc([Si](C)(C)C)cc4)cc2n3-c2ccc3sc4ccccc4c3c2)cc1. The van der Waals surface area contributed by atoms with Crippen LogP contribution in [-0.2, 0) is 10.8 Å². The molecule has 3 nitrogen and oxygen atoms in total. The van der Waals surface area contributed by atoms with Crippen LogP contribution in [0.3, 0.4) is 0 Å². The van der Waals surface area contributed by atoms with E-state index in [0.29, 0.717) is 0 Å². The van der Waals surface area contributed by atoms with Crippen LogP contribution < -0.4 is 20.2 Å². The number of hydrogen-bond donors (Lipinski definition) is 0. The molecule has 378 valence electrons. The van der Waals surface area contributed by atoms with Crippen molar-refractivity contribution in [2.24, 2.45) is 0 Å². The largest absolute Gasteiger partial charge is 0.310 e. The molecule has 0 saturated carbocycles. The minimum absolute atomic E-state index is 0.0221. The molecule has 0 aliphatic carbocycles. The highest BCUT2D eigenvalue weighted by atomic mass is 32.1. The lowest BCUT2D eigenvalue weighted by atomic mass is 9.87. The topological polar surface area (TPSA) is 11.4 Å². The third kappa shape index (κ3) is 8.65. The molecule has 10 aromatic carbocycles. The van der Waals surface area contributed by atoms with Crippen LogP contribution in [0.4, 0.5) is 34.1 Å². The number of fused-ring (bicyclic) bond motifs is 10. The van der Waals surface area contributed by atoms with Crippen molar-refractivity contribution in [2.75, 3.05) is 9.80 Å². The summed E-state index contributed by atoms with van der Waals surface area (Å²) in [7, 11) is -3.15. The highest BCUT2D eigenvalue weighted by Crippen LogP contribution is 2.51. The average Bonchev–Trinajstić information content (AvgIpc) is 3.95. The van der Waals surface area contributed by atoms with Crippen LogP contribution in [0, 0.1) is 0 Å². The van der Waals surface area contributed by atoms with Gasteiger partial charge in [-0.1, -0.05) is 206 Å². The first-order valence-electron chi connectivity index (χ1n) is 27.1. The summed E-state index contributed by atoms with van der Waals surface area (Å²) in [6.45, 7) is 28.4. The minimum atomic E-state index is -1.58. The molecule has 0 saturated heterocycles. The van der Waals surface area contributed by atoms with Gasteiger partial charge in [-0.05, 0) is 118 Å². The second-order valence-corrected chi connectivity index (χ2v) is 36.4. The molecule has 0 aliphatic rings. The zero-order valence-electron chi connectivity index (χ0n) is 46.3. The Hall–Kier alpha value is -7.23. The number of anilines is 6. The summed E-state index contributed by atoms with van der Waals surface area (Å²) in [4.78, 5) is 5.02. The molecule has 2 aromatic heterocycles. The van der Waals surface area contributed by atoms with Gasteiger partial charge in [0.05, 0.1) is 38.6 Å². The molecule has 0 unspecified atom stereocenters. The van der Waals surface area contributed by atoms with Crippen LogP contribution in [0.25, 0.3) is 69.2 Å². The summed E-state index contributed by atoms with van der Waals surface area (Å²) in [5.74, 6) is 0. The number of nitrogens with zero attached hydrogens (tertiary/aromatic N) is 3. The normalized spacial score (nSPS) is 12.7. The summed E-state index contributed by atoms with van der Waals surface area (Å²) in [5.41, 5.74) is 13.0. The molecule has 76 heavy (non-hydrogen) atoms. The van der Waals surface area contributed by atoms with E-state index in [4.69, 9.17) is 0 Å². The maximum atomic E-state index is 2.59. The molecule has 0 bridgehead atoms. The van der Waals surface area contributed by atoms with Gasteiger partial charge in [-0.2, -0.15) is 0 Å². The molecule has 0 aliphatic heterocycles. The first kappa shape index (κ1) is 49.6. The second-order valence-electron chi connectivity index (χ2n) is 25.1. The van der Waals surface area contributed by atoms with Gasteiger partial charge in [0, 0.05) is 70.2 Å². The molecule has 2 heterocycles. The van der Waals surface area contributed by atoms with Gasteiger partial charge < -0.3 is 14.4 Å². The van der Waals surface area contributed by atoms with E-state index in [1.165, 1.54) is 85.0 Å². The molecule has 0 atom stereocenters. The summed E-state index contributed by atoms with van der Waals surface area (Å²) < 4.78 is 5.19. The number of hydrogen-bond acceptors (Lipinski definition) is 3. The van der Waals surface area contributed by atoms with E-state index >= 15 is 0 Å². The van der Waals surface area contributed by atoms with Crippen molar-refractivity contribution in [1.29, 1.82) is 0 Å². The van der Waals surface area contributed by atoms with Crippen molar-refractivity contribution in [3.05, 3.63) is 211 Å². The van der Waals surface area contributed by atoms with Gasteiger partial charge in [-0.15, -0.1) is 11.3 Å². The van der Waals surface area contributed by atoms with Gasteiger partial charge in [-0.25, -0.2) is 0 Å². The van der Waals surface area contributed by atoms with Crippen molar-refractivity contribution < 1.29 is 0 Å². The monoisotopic (exact) mass is 1040 g/mol. The molecule has 0 spiro atoms. The summed E-state index contributed by atoms with van der Waals surface area (Å²) >= 11 is 1.87. The van der Waals surface area contributed by atoms with Crippen LogP contribution in [-0.4, -0.2) is 20.7 Å². The van der Waals surface area contributed by atoms with Crippen molar-refractivity contribution in [3.8, 4) is 5.69 Å². The molecule has 0 radical (unpaired) electrons. The Morgan fingerprint density at radius 1 is 0.355 bits per heavy atom. The van der Waals surface area contributed by atoms with E-state index in [-0.39, 0.29) is 10.8 Å². The molecule has 0 fully saturated rings. The minimum Gasteiger partial charge on any atom is -0.310 e. The van der Waals surface area contributed by atoms with Crippen molar-refractivity contribution in [1.82, 2.24) is 4.57 Å².